The molecule has 0 saturated carbocycles. The molecule has 15 heteroatoms. The van der Waals surface area contributed by atoms with Crippen molar-refractivity contribution in [2.75, 3.05) is 57.4 Å². The minimum absolute atomic E-state index is 0.0839. The number of aryl methyl sites for hydroxylation is 1. The number of oxime groups is 1. The fourth-order valence-corrected chi connectivity index (χ4v) is 8.30. The molecule has 9 rings (SSSR count). The molecule has 300 valence electrons. The number of nitrogens with zero attached hydrogens (tertiary/aromatic N) is 7. The smallest absolute Gasteiger partial charge is 0.262 e. The van der Waals surface area contributed by atoms with Gasteiger partial charge in [-0.2, -0.15) is 5.10 Å². The maximum atomic E-state index is 13.3. The van der Waals surface area contributed by atoms with Crippen LogP contribution < -0.4 is 15.0 Å². The van der Waals surface area contributed by atoms with Gasteiger partial charge in [-0.25, -0.2) is 4.68 Å². The zero-order valence-electron chi connectivity index (χ0n) is 32.3. The van der Waals surface area contributed by atoms with Gasteiger partial charge < -0.3 is 19.6 Å². The Kier molecular flexibility index (Phi) is 10.4. The Labute approximate surface area is 339 Å². The van der Waals surface area contributed by atoms with E-state index in [4.69, 9.17) is 14.6 Å². The van der Waals surface area contributed by atoms with E-state index in [1.165, 1.54) is 0 Å². The number of ether oxygens (including phenoxy) is 2. The number of carbonyl (C=O) groups excluding carboxylic acids is 4. The van der Waals surface area contributed by atoms with Gasteiger partial charge in [0.25, 0.3) is 11.8 Å². The zero-order chi connectivity index (χ0) is 40.5. The van der Waals surface area contributed by atoms with Gasteiger partial charge in [0.05, 0.1) is 35.7 Å². The molecular weight excluding hydrogens is 753 g/mol. The summed E-state index contributed by atoms with van der Waals surface area (Å²) in [6, 6.07) is 22.2. The molecule has 1 atom stereocenters. The molecule has 1 unspecified atom stereocenters. The number of rotatable bonds is 12. The molecule has 2 fully saturated rings. The van der Waals surface area contributed by atoms with Crippen LogP contribution in [0.3, 0.4) is 0 Å². The van der Waals surface area contributed by atoms with Crippen LogP contribution in [0.25, 0.3) is 28.1 Å². The van der Waals surface area contributed by atoms with E-state index in [0.717, 1.165) is 88.9 Å². The van der Waals surface area contributed by atoms with Crippen molar-refractivity contribution < 1.29 is 33.9 Å². The molecule has 4 amide bonds. The van der Waals surface area contributed by atoms with Crippen molar-refractivity contribution in [3.63, 3.8) is 0 Å². The number of hydrogen-bond donors (Lipinski definition) is 2. The monoisotopic (exact) mass is 794 g/mol. The Morgan fingerprint density at radius 2 is 1.58 bits per heavy atom. The van der Waals surface area contributed by atoms with E-state index in [1.807, 2.05) is 65.5 Å². The summed E-state index contributed by atoms with van der Waals surface area (Å²) in [5.74, 6) is -1.31. The minimum atomic E-state index is -0.983. The quantitative estimate of drug-likeness (QED) is 0.0797. The van der Waals surface area contributed by atoms with Crippen molar-refractivity contribution in [2.24, 2.45) is 5.16 Å². The van der Waals surface area contributed by atoms with Gasteiger partial charge in [0.2, 0.25) is 11.8 Å². The number of hydrogen-bond acceptors (Lipinski definition) is 12. The van der Waals surface area contributed by atoms with Crippen LogP contribution in [0.5, 0.6) is 5.75 Å². The number of pyridine rings is 1. The Morgan fingerprint density at radius 1 is 0.763 bits per heavy atom. The van der Waals surface area contributed by atoms with Gasteiger partial charge in [-0.3, -0.25) is 39.3 Å². The molecule has 15 nitrogen and oxygen atoms in total. The third kappa shape index (κ3) is 7.57. The van der Waals surface area contributed by atoms with E-state index < -0.39 is 29.7 Å². The van der Waals surface area contributed by atoms with E-state index in [2.05, 4.69) is 31.3 Å². The molecule has 2 N–H and O–H groups in total. The van der Waals surface area contributed by atoms with Crippen LogP contribution in [0, 0.1) is 0 Å². The standard InChI is InChI=1S/C44H42N8O7/c53-40-11-10-39(42(54)46-40)52-43(55)35-8-6-31(26-36(35)44(52)56)50-18-16-49(17-19-50)20-21-58-22-23-59-33-3-1-2-32(25-33)51-27-37(41(47-51)28-12-14-45-15-13-28)30-4-7-34-29(24-30)5-9-38(34)48-57/h1-4,6-8,12-15,24-27,39,57H,5,9-11,16-23H2,(H,46,53,54)/b48-38+. The number of fused-ring (bicyclic) bond motifs is 2. The number of imide groups is 2. The van der Waals surface area contributed by atoms with Crippen molar-refractivity contribution >= 4 is 35.0 Å². The molecule has 3 aromatic carbocycles. The van der Waals surface area contributed by atoms with Crippen molar-refractivity contribution in [1.82, 2.24) is 29.9 Å². The molecule has 5 heterocycles. The lowest BCUT2D eigenvalue weighted by molar-refractivity contribution is -0.136. The van der Waals surface area contributed by atoms with Gasteiger partial charge in [-0.1, -0.05) is 29.4 Å². The van der Waals surface area contributed by atoms with Crippen molar-refractivity contribution in [3.8, 4) is 33.8 Å². The second-order valence-corrected chi connectivity index (χ2v) is 15.0. The number of amides is 4. The highest BCUT2D eigenvalue weighted by Crippen LogP contribution is 2.36. The highest BCUT2D eigenvalue weighted by atomic mass is 16.5. The molecule has 0 bridgehead atoms. The number of nitrogens with one attached hydrogen (secondary N) is 1. The van der Waals surface area contributed by atoms with Crippen molar-refractivity contribution in [3.05, 3.63) is 114 Å². The predicted molar refractivity (Wildman–Crippen MR) is 217 cm³/mol. The number of piperidine rings is 1. The molecule has 2 aromatic heterocycles. The Hall–Kier alpha value is -6.71. The van der Waals surface area contributed by atoms with Crippen LogP contribution in [0.15, 0.2) is 96.5 Å². The molecule has 3 aliphatic heterocycles. The fourth-order valence-electron chi connectivity index (χ4n) is 8.30. The molecule has 2 saturated heterocycles. The highest BCUT2D eigenvalue weighted by molar-refractivity contribution is 6.23. The largest absolute Gasteiger partial charge is 0.491 e. The van der Waals surface area contributed by atoms with Crippen LogP contribution in [0.1, 0.15) is 51.1 Å². The lowest BCUT2D eigenvalue weighted by Gasteiger charge is -2.36. The van der Waals surface area contributed by atoms with Crippen LogP contribution in [-0.2, 0) is 20.7 Å². The van der Waals surface area contributed by atoms with E-state index >= 15 is 0 Å². The Morgan fingerprint density at radius 3 is 2.39 bits per heavy atom. The molecule has 59 heavy (non-hydrogen) atoms. The molecule has 1 aliphatic carbocycles. The first-order valence-electron chi connectivity index (χ1n) is 19.8. The Balaban J connectivity index is 0.756. The van der Waals surface area contributed by atoms with E-state index in [0.29, 0.717) is 37.7 Å². The van der Waals surface area contributed by atoms with E-state index in [9.17, 15) is 24.4 Å². The second kappa shape index (κ2) is 16.3. The topological polar surface area (TPSA) is 172 Å². The highest BCUT2D eigenvalue weighted by Gasteiger charge is 2.44. The predicted octanol–water partition coefficient (Wildman–Crippen LogP) is 4.34. The zero-order valence-corrected chi connectivity index (χ0v) is 32.3. The summed E-state index contributed by atoms with van der Waals surface area (Å²) >= 11 is 0. The normalized spacial score (nSPS) is 18.7. The lowest BCUT2D eigenvalue weighted by atomic mass is 9.98. The van der Waals surface area contributed by atoms with Gasteiger partial charge in [0.15, 0.2) is 0 Å². The number of aromatic nitrogens is 3. The summed E-state index contributed by atoms with van der Waals surface area (Å²) in [6.07, 6.45) is 7.31. The van der Waals surface area contributed by atoms with Crippen LogP contribution in [0.4, 0.5) is 5.69 Å². The number of benzene rings is 3. The minimum Gasteiger partial charge on any atom is -0.491 e. The summed E-state index contributed by atoms with van der Waals surface area (Å²) in [5, 5.41) is 20.1. The summed E-state index contributed by atoms with van der Waals surface area (Å²) in [5.41, 5.74) is 8.92. The van der Waals surface area contributed by atoms with Crippen LogP contribution >= 0.6 is 0 Å². The summed E-state index contributed by atoms with van der Waals surface area (Å²) < 4.78 is 13.9. The maximum Gasteiger partial charge on any atom is 0.262 e. The first-order chi connectivity index (χ1) is 28.8. The maximum absolute atomic E-state index is 13.3. The first kappa shape index (κ1) is 37.8. The fraction of sp³-hybridized carbons (Fsp3) is 0.295. The summed E-state index contributed by atoms with van der Waals surface area (Å²) in [6.45, 7) is 5.24. The van der Waals surface area contributed by atoms with Crippen molar-refractivity contribution in [1.29, 1.82) is 0 Å². The molecule has 5 aromatic rings. The van der Waals surface area contributed by atoms with Gasteiger partial charge in [-0.15, -0.1) is 0 Å². The molecule has 0 spiro atoms. The molecule has 4 aliphatic rings. The molecule has 0 radical (unpaired) electrons. The van der Waals surface area contributed by atoms with Gasteiger partial charge in [-0.05, 0) is 72.9 Å². The lowest BCUT2D eigenvalue weighted by Crippen LogP contribution is -2.54. The SMILES string of the molecule is O=C1CCC(N2C(=O)c3ccc(N4CCN(CCOCCOc5cccc(-n6cc(-c7ccc8c(c7)CC/C8=N\O)c(-c7ccncc7)n6)c5)CC4)cc3C2=O)C(=O)N1. The number of carbonyl (C=O) groups is 4. The van der Waals surface area contributed by atoms with E-state index in [1.54, 1.807) is 24.5 Å². The number of piperazine rings is 1. The second-order valence-electron chi connectivity index (χ2n) is 15.0. The van der Waals surface area contributed by atoms with Gasteiger partial charge >= 0.3 is 0 Å². The first-order valence-corrected chi connectivity index (χ1v) is 19.8. The third-order valence-electron chi connectivity index (χ3n) is 11.4. The Bertz CT molecular complexity index is 2480. The van der Waals surface area contributed by atoms with Gasteiger partial charge in [0, 0.05) is 86.2 Å². The van der Waals surface area contributed by atoms with Crippen LogP contribution in [-0.4, -0.2) is 118 Å². The molecular formula is C44H42N8O7. The summed E-state index contributed by atoms with van der Waals surface area (Å²) in [7, 11) is 0. The average Bonchev–Trinajstić information content (AvgIpc) is 3.97. The van der Waals surface area contributed by atoms with Crippen LogP contribution in [0.2, 0.25) is 0 Å². The summed E-state index contributed by atoms with van der Waals surface area (Å²) in [4.78, 5) is 60.1. The number of anilines is 1. The average molecular weight is 795 g/mol. The van der Waals surface area contributed by atoms with Crippen molar-refractivity contribution in [2.45, 2.75) is 31.7 Å². The van der Waals surface area contributed by atoms with Gasteiger partial charge in [0.1, 0.15) is 24.1 Å². The van der Waals surface area contributed by atoms with E-state index in [-0.39, 0.29) is 24.0 Å². The third-order valence-corrected chi connectivity index (χ3v) is 11.4.